The lowest BCUT2D eigenvalue weighted by atomic mass is 10.3. The molecule has 5 nitrogen and oxygen atoms in total. The van der Waals surface area contributed by atoms with E-state index in [0.29, 0.717) is 12.4 Å². The predicted molar refractivity (Wildman–Crippen MR) is 66.8 cm³/mol. The standard InChI is InChI=1S/C11H16F2N2O3S/c1-2-18-9-4-3-5-10(6-9)19(16,17)15-8-11(12,13)7-14/h3-6,15H,2,7-8,14H2,1H3. The Kier molecular flexibility index (Phi) is 5.21. The summed E-state index contributed by atoms with van der Waals surface area (Å²) < 4.78 is 56.4. The van der Waals surface area contributed by atoms with Gasteiger partial charge in [-0.25, -0.2) is 21.9 Å². The van der Waals surface area contributed by atoms with Crippen LogP contribution in [0.5, 0.6) is 5.75 Å². The van der Waals surface area contributed by atoms with Crippen LogP contribution >= 0.6 is 0 Å². The van der Waals surface area contributed by atoms with Crippen molar-refractivity contribution in [2.45, 2.75) is 17.7 Å². The predicted octanol–water partition coefficient (Wildman–Crippen LogP) is 0.958. The number of nitrogens with one attached hydrogen (secondary N) is 1. The third kappa shape index (κ3) is 4.73. The van der Waals surface area contributed by atoms with Gasteiger partial charge in [-0.3, -0.25) is 0 Å². The summed E-state index contributed by atoms with van der Waals surface area (Å²) in [5, 5.41) is 0. The highest BCUT2D eigenvalue weighted by molar-refractivity contribution is 7.89. The van der Waals surface area contributed by atoms with Gasteiger partial charge in [-0.2, -0.15) is 0 Å². The van der Waals surface area contributed by atoms with Gasteiger partial charge >= 0.3 is 0 Å². The summed E-state index contributed by atoms with van der Waals surface area (Å²) in [5.41, 5.74) is 4.83. The summed E-state index contributed by atoms with van der Waals surface area (Å²) >= 11 is 0. The zero-order valence-corrected chi connectivity index (χ0v) is 11.2. The molecule has 19 heavy (non-hydrogen) atoms. The number of nitrogens with two attached hydrogens (primary N) is 1. The molecular formula is C11H16F2N2O3S. The van der Waals surface area contributed by atoms with Crippen LogP contribution < -0.4 is 15.2 Å². The summed E-state index contributed by atoms with van der Waals surface area (Å²) in [6.45, 7) is 0.169. The van der Waals surface area contributed by atoms with Crippen LogP contribution in [0.2, 0.25) is 0 Å². The molecule has 0 spiro atoms. The number of ether oxygens (including phenoxy) is 1. The second-order valence-electron chi connectivity index (χ2n) is 3.79. The second-order valence-corrected chi connectivity index (χ2v) is 5.56. The highest BCUT2D eigenvalue weighted by Crippen LogP contribution is 2.18. The molecule has 0 unspecified atom stereocenters. The van der Waals surface area contributed by atoms with Crippen LogP contribution in [0.15, 0.2) is 29.2 Å². The van der Waals surface area contributed by atoms with Crippen molar-refractivity contribution in [3.05, 3.63) is 24.3 Å². The quantitative estimate of drug-likeness (QED) is 0.785. The molecule has 0 amide bonds. The first kappa shape index (κ1) is 15.8. The summed E-state index contributed by atoms with van der Waals surface area (Å²) in [5.74, 6) is -2.92. The summed E-state index contributed by atoms with van der Waals surface area (Å²) in [4.78, 5) is -0.133. The molecule has 0 aliphatic rings. The Hall–Kier alpha value is -1.25. The number of rotatable bonds is 7. The topological polar surface area (TPSA) is 81.4 Å². The fourth-order valence-electron chi connectivity index (χ4n) is 1.25. The van der Waals surface area contributed by atoms with Gasteiger partial charge in [-0.1, -0.05) is 6.07 Å². The maximum absolute atomic E-state index is 12.9. The Morgan fingerprint density at radius 3 is 2.68 bits per heavy atom. The van der Waals surface area contributed by atoms with Gasteiger partial charge in [0.15, 0.2) is 0 Å². The highest BCUT2D eigenvalue weighted by Gasteiger charge is 2.29. The first-order chi connectivity index (χ1) is 8.80. The van der Waals surface area contributed by atoms with E-state index >= 15 is 0 Å². The van der Waals surface area contributed by atoms with Crippen LogP contribution in [0, 0.1) is 0 Å². The fourth-order valence-corrected chi connectivity index (χ4v) is 2.35. The van der Waals surface area contributed by atoms with E-state index in [1.54, 1.807) is 13.0 Å². The van der Waals surface area contributed by atoms with Crippen molar-refractivity contribution in [2.24, 2.45) is 5.73 Å². The molecule has 1 aromatic rings. The average Bonchev–Trinajstić information content (AvgIpc) is 2.38. The number of halogens is 2. The second kappa shape index (κ2) is 6.27. The molecule has 0 bridgehead atoms. The van der Waals surface area contributed by atoms with Crippen LogP contribution in [-0.2, 0) is 10.0 Å². The Balaban J connectivity index is 2.85. The van der Waals surface area contributed by atoms with Crippen molar-refractivity contribution < 1.29 is 21.9 Å². The minimum atomic E-state index is -4.01. The smallest absolute Gasteiger partial charge is 0.273 e. The van der Waals surface area contributed by atoms with Crippen LogP contribution in [-0.4, -0.2) is 34.0 Å². The molecule has 0 radical (unpaired) electrons. The van der Waals surface area contributed by atoms with Gasteiger partial charge in [-0.15, -0.1) is 0 Å². The SMILES string of the molecule is CCOc1cccc(S(=O)(=O)NCC(F)(F)CN)c1. The Morgan fingerprint density at radius 2 is 2.11 bits per heavy atom. The van der Waals surface area contributed by atoms with Gasteiger partial charge in [0.25, 0.3) is 5.92 Å². The fraction of sp³-hybridized carbons (Fsp3) is 0.455. The van der Waals surface area contributed by atoms with E-state index in [-0.39, 0.29) is 4.90 Å². The Labute approximate surface area is 110 Å². The molecule has 0 saturated heterocycles. The number of hydrogen-bond donors (Lipinski definition) is 2. The van der Waals surface area contributed by atoms with E-state index < -0.39 is 29.0 Å². The van der Waals surface area contributed by atoms with Crippen molar-refractivity contribution >= 4 is 10.0 Å². The van der Waals surface area contributed by atoms with Crippen molar-refractivity contribution in [3.8, 4) is 5.75 Å². The molecule has 0 aliphatic heterocycles. The molecule has 0 aliphatic carbocycles. The Bertz CT molecular complexity index is 520. The van der Waals surface area contributed by atoms with E-state index in [9.17, 15) is 17.2 Å². The van der Waals surface area contributed by atoms with Gasteiger partial charge in [0.2, 0.25) is 10.0 Å². The molecule has 1 rings (SSSR count). The average molecular weight is 294 g/mol. The first-order valence-corrected chi connectivity index (χ1v) is 7.09. The van der Waals surface area contributed by atoms with Crippen LogP contribution in [0.3, 0.4) is 0 Å². The molecule has 0 aromatic heterocycles. The van der Waals surface area contributed by atoms with E-state index in [1.165, 1.54) is 18.2 Å². The third-order valence-corrected chi connectivity index (χ3v) is 3.65. The maximum Gasteiger partial charge on any atom is 0.273 e. The maximum atomic E-state index is 12.9. The van der Waals surface area contributed by atoms with Crippen molar-refractivity contribution in [3.63, 3.8) is 0 Å². The van der Waals surface area contributed by atoms with E-state index in [0.717, 1.165) is 0 Å². The lowest BCUT2D eigenvalue weighted by Gasteiger charge is -2.15. The summed E-state index contributed by atoms with van der Waals surface area (Å²) in [6.07, 6.45) is 0. The monoisotopic (exact) mass is 294 g/mol. The van der Waals surface area contributed by atoms with Gasteiger partial charge in [0, 0.05) is 6.07 Å². The van der Waals surface area contributed by atoms with E-state index in [1.807, 2.05) is 4.72 Å². The van der Waals surface area contributed by atoms with Gasteiger partial charge in [0.05, 0.1) is 24.6 Å². The zero-order valence-electron chi connectivity index (χ0n) is 10.4. The lowest BCUT2D eigenvalue weighted by molar-refractivity contribution is 0.0170. The highest BCUT2D eigenvalue weighted by atomic mass is 32.2. The van der Waals surface area contributed by atoms with Crippen molar-refractivity contribution in [1.82, 2.24) is 4.72 Å². The summed E-state index contributed by atoms with van der Waals surface area (Å²) in [6, 6.07) is 5.62. The van der Waals surface area contributed by atoms with E-state index in [2.05, 4.69) is 0 Å². The lowest BCUT2D eigenvalue weighted by Crippen LogP contribution is -2.41. The largest absolute Gasteiger partial charge is 0.494 e. The van der Waals surface area contributed by atoms with Crippen LogP contribution in [0.4, 0.5) is 8.78 Å². The zero-order chi connectivity index (χ0) is 14.5. The van der Waals surface area contributed by atoms with Crippen molar-refractivity contribution in [1.29, 1.82) is 0 Å². The van der Waals surface area contributed by atoms with E-state index in [4.69, 9.17) is 10.5 Å². The molecule has 108 valence electrons. The minimum absolute atomic E-state index is 0.133. The van der Waals surface area contributed by atoms with Gasteiger partial charge < -0.3 is 10.5 Å². The summed E-state index contributed by atoms with van der Waals surface area (Å²) in [7, 11) is -4.01. The molecule has 0 atom stereocenters. The molecule has 0 heterocycles. The van der Waals surface area contributed by atoms with Gasteiger partial charge in [0.1, 0.15) is 5.75 Å². The van der Waals surface area contributed by atoms with Crippen molar-refractivity contribution in [2.75, 3.05) is 19.7 Å². The normalized spacial score (nSPS) is 12.4. The molecule has 0 fully saturated rings. The third-order valence-electron chi connectivity index (χ3n) is 2.25. The minimum Gasteiger partial charge on any atom is -0.494 e. The number of alkyl halides is 2. The number of benzene rings is 1. The number of hydrogen-bond acceptors (Lipinski definition) is 4. The first-order valence-electron chi connectivity index (χ1n) is 5.61. The molecule has 0 saturated carbocycles. The van der Waals surface area contributed by atoms with Crippen LogP contribution in [0.25, 0.3) is 0 Å². The molecule has 3 N–H and O–H groups in total. The molecule has 8 heteroatoms. The van der Waals surface area contributed by atoms with Gasteiger partial charge in [-0.05, 0) is 19.1 Å². The van der Waals surface area contributed by atoms with Crippen LogP contribution in [0.1, 0.15) is 6.92 Å². The molecular weight excluding hydrogens is 278 g/mol. The molecule has 1 aromatic carbocycles. The number of sulfonamides is 1. The Morgan fingerprint density at radius 1 is 1.42 bits per heavy atom.